The first-order valence-corrected chi connectivity index (χ1v) is 11.7. The molecule has 0 N–H and O–H groups in total. The Morgan fingerprint density at radius 1 is 0.731 bits per heavy atom. The summed E-state index contributed by atoms with van der Waals surface area (Å²) in [4.78, 5) is 4.70. The van der Waals surface area contributed by atoms with Crippen LogP contribution in [0.15, 0.2) is 12.4 Å². The highest BCUT2D eigenvalue weighted by Crippen LogP contribution is 2.25. The molecular formula is C24H46N2. The topological polar surface area (TPSA) is 17.8 Å². The van der Waals surface area contributed by atoms with Crippen molar-refractivity contribution in [2.75, 3.05) is 0 Å². The second-order valence-corrected chi connectivity index (χ2v) is 8.41. The number of imidazole rings is 1. The number of nitrogens with zero attached hydrogens (tertiary/aromatic N) is 2. The first-order chi connectivity index (χ1) is 12.7. The second kappa shape index (κ2) is 15.3. The predicted molar refractivity (Wildman–Crippen MR) is 116 cm³/mol. The number of unbranched alkanes of at least 4 members (excludes halogenated alkanes) is 11. The van der Waals surface area contributed by atoms with Crippen molar-refractivity contribution in [3.63, 3.8) is 0 Å². The van der Waals surface area contributed by atoms with Crippen LogP contribution in [0.2, 0.25) is 0 Å². The Balaban J connectivity index is 2.23. The van der Waals surface area contributed by atoms with E-state index in [2.05, 4.69) is 38.5 Å². The number of rotatable bonds is 17. The molecule has 1 rings (SSSR count). The average Bonchev–Trinajstić information content (AvgIpc) is 3.13. The van der Waals surface area contributed by atoms with Crippen molar-refractivity contribution in [1.29, 1.82) is 0 Å². The smallest absolute Gasteiger partial charge is 0.111 e. The Morgan fingerprint density at radius 2 is 1.23 bits per heavy atom. The molecule has 2 nitrogen and oxygen atoms in total. The van der Waals surface area contributed by atoms with Gasteiger partial charge in [0.2, 0.25) is 0 Å². The molecule has 2 atom stereocenters. The first-order valence-electron chi connectivity index (χ1n) is 11.7. The Kier molecular flexibility index (Phi) is 13.7. The zero-order chi connectivity index (χ0) is 19.0. The van der Waals surface area contributed by atoms with E-state index < -0.39 is 0 Å². The number of hydrogen-bond acceptors (Lipinski definition) is 1. The van der Waals surface area contributed by atoms with Gasteiger partial charge in [0.05, 0.1) is 0 Å². The summed E-state index contributed by atoms with van der Waals surface area (Å²) in [6, 6.07) is 0.593. The monoisotopic (exact) mass is 362 g/mol. The van der Waals surface area contributed by atoms with Gasteiger partial charge in [-0.05, 0) is 19.8 Å². The van der Waals surface area contributed by atoms with Crippen LogP contribution in [0.25, 0.3) is 0 Å². The van der Waals surface area contributed by atoms with E-state index in [0.29, 0.717) is 12.0 Å². The Labute approximate surface area is 164 Å². The van der Waals surface area contributed by atoms with Crippen LogP contribution in [0.3, 0.4) is 0 Å². The van der Waals surface area contributed by atoms with E-state index in [4.69, 9.17) is 4.98 Å². The molecule has 0 saturated carbocycles. The lowest BCUT2D eigenvalue weighted by Gasteiger charge is -2.20. The van der Waals surface area contributed by atoms with Gasteiger partial charge in [-0.2, -0.15) is 0 Å². The molecule has 0 amide bonds. The van der Waals surface area contributed by atoms with Crippen molar-refractivity contribution in [3.8, 4) is 0 Å². The first kappa shape index (κ1) is 23.2. The molecule has 0 aromatic carbocycles. The van der Waals surface area contributed by atoms with E-state index in [0.717, 1.165) is 0 Å². The van der Waals surface area contributed by atoms with E-state index >= 15 is 0 Å². The van der Waals surface area contributed by atoms with Gasteiger partial charge in [-0.3, -0.25) is 0 Å². The normalized spacial score (nSPS) is 13.8. The quantitative estimate of drug-likeness (QED) is 0.254. The zero-order valence-corrected chi connectivity index (χ0v) is 18.3. The molecule has 0 aliphatic rings. The lowest BCUT2D eigenvalue weighted by Crippen LogP contribution is -2.11. The van der Waals surface area contributed by atoms with Gasteiger partial charge in [0.15, 0.2) is 0 Å². The maximum atomic E-state index is 4.70. The van der Waals surface area contributed by atoms with Gasteiger partial charge in [-0.25, -0.2) is 4.98 Å². The molecule has 1 aromatic heterocycles. The maximum absolute atomic E-state index is 4.70. The van der Waals surface area contributed by atoms with Crippen LogP contribution in [-0.4, -0.2) is 9.55 Å². The van der Waals surface area contributed by atoms with E-state index in [9.17, 15) is 0 Å². The molecule has 152 valence electrons. The Bertz CT molecular complexity index is 424. The lowest BCUT2D eigenvalue weighted by atomic mass is 10.0. The van der Waals surface area contributed by atoms with Crippen LogP contribution >= 0.6 is 0 Å². The fraction of sp³-hybridized carbons (Fsp3) is 0.875. The van der Waals surface area contributed by atoms with Gasteiger partial charge in [0, 0.05) is 24.4 Å². The maximum Gasteiger partial charge on any atom is 0.111 e. The largest absolute Gasteiger partial charge is 0.332 e. The van der Waals surface area contributed by atoms with Crippen LogP contribution < -0.4 is 0 Å². The molecule has 26 heavy (non-hydrogen) atoms. The van der Waals surface area contributed by atoms with Crippen LogP contribution in [-0.2, 0) is 0 Å². The van der Waals surface area contributed by atoms with Gasteiger partial charge in [-0.15, -0.1) is 0 Å². The van der Waals surface area contributed by atoms with Crippen LogP contribution in [0.1, 0.15) is 142 Å². The minimum Gasteiger partial charge on any atom is -0.332 e. The highest BCUT2D eigenvalue weighted by atomic mass is 15.1. The molecule has 0 aliphatic carbocycles. The molecule has 0 spiro atoms. The lowest BCUT2D eigenvalue weighted by molar-refractivity contribution is 0.436. The SMILES string of the molecule is CCCCCCCCCCC(C)n1ccnc1C(C)CCCCCCC. The minimum absolute atomic E-state index is 0.590. The minimum atomic E-state index is 0.590. The highest BCUT2D eigenvalue weighted by molar-refractivity contribution is 5.00. The number of aromatic nitrogens is 2. The molecule has 0 radical (unpaired) electrons. The molecule has 1 aromatic rings. The van der Waals surface area contributed by atoms with E-state index in [1.807, 2.05) is 6.20 Å². The van der Waals surface area contributed by atoms with Crippen molar-refractivity contribution >= 4 is 0 Å². The van der Waals surface area contributed by atoms with Crippen molar-refractivity contribution in [2.24, 2.45) is 0 Å². The third-order valence-electron chi connectivity index (χ3n) is 5.83. The summed E-state index contributed by atoms with van der Waals surface area (Å²) in [5.74, 6) is 1.90. The summed E-state index contributed by atoms with van der Waals surface area (Å²) in [5.41, 5.74) is 0. The van der Waals surface area contributed by atoms with Gasteiger partial charge < -0.3 is 4.57 Å². The molecule has 0 aliphatic heterocycles. The zero-order valence-electron chi connectivity index (χ0n) is 18.3. The van der Waals surface area contributed by atoms with Gasteiger partial charge in [0.25, 0.3) is 0 Å². The fourth-order valence-corrected chi connectivity index (χ4v) is 3.97. The van der Waals surface area contributed by atoms with Gasteiger partial charge in [-0.1, -0.05) is 104 Å². The third-order valence-corrected chi connectivity index (χ3v) is 5.83. The average molecular weight is 363 g/mol. The summed E-state index contributed by atoms with van der Waals surface area (Å²) in [6.07, 6.45) is 24.9. The standard InChI is InChI=1S/C24H46N2/c1-5-7-9-11-12-13-15-17-19-23(4)26-21-20-25-24(26)22(3)18-16-14-10-8-6-2/h20-23H,5-19H2,1-4H3. The third kappa shape index (κ3) is 9.78. The molecule has 2 heteroatoms. The summed E-state index contributed by atoms with van der Waals surface area (Å²) >= 11 is 0. The van der Waals surface area contributed by atoms with E-state index in [1.165, 1.54) is 102 Å². The summed E-state index contributed by atoms with van der Waals surface area (Å²) in [7, 11) is 0. The van der Waals surface area contributed by atoms with Crippen molar-refractivity contribution in [2.45, 2.75) is 136 Å². The Hall–Kier alpha value is -0.790. The summed E-state index contributed by atoms with van der Waals surface area (Å²) in [6.45, 7) is 9.31. The van der Waals surface area contributed by atoms with Crippen molar-refractivity contribution in [3.05, 3.63) is 18.2 Å². The molecule has 0 bridgehead atoms. The van der Waals surface area contributed by atoms with Gasteiger partial charge in [0.1, 0.15) is 5.82 Å². The van der Waals surface area contributed by atoms with Crippen molar-refractivity contribution < 1.29 is 0 Å². The molecule has 2 unspecified atom stereocenters. The molecule has 0 fully saturated rings. The number of hydrogen-bond donors (Lipinski definition) is 0. The van der Waals surface area contributed by atoms with Crippen LogP contribution in [0, 0.1) is 0 Å². The van der Waals surface area contributed by atoms with Crippen LogP contribution in [0.4, 0.5) is 0 Å². The molecular weight excluding hydrogens is 316 g/mol. The van der Waals surface area contributed by atoms with Crippen LogP contribution in [0.5, 0.6) is 0 Å². The second-order valence-electron chi connectivity index (χ2n) is 8.41. The summed E-state index contributed by atoms with van der Waals surface area (Å²) in [5, 5.41) is 0. The van der Waals surface area contributed by atoms with E-state index in [1.54, 1.807) is 0 Å². The molecule has 0 saturated heterocycles. The Morgan fingerprint density at radius 3 is 1.81 bits per heavy atom. The van der Waals surface area contributed by atoms with Gasteiger partial charge >= 0.3 is 0 Å². The fourth-order valence-electron chi connectivity index (χ4n) is 3.97. The van der Waals surface area contributed by atoms with Crippen molar-refractivity contribution in [1.82, 2.24) is 9.55 Å². The summed E-state index contributed by atoms with van der Waals surface area (Å²) < 4.78 is 2.46. The molecule has 1 heterocycles. The predicted octanol–water partition coefficient (Wildman–Crippen LogP) is 8.44. The van der Waals surface area contributed by atoms with E-state index in [-0.39, 0.29) is 0 Å². The highest BCUT2D eigenvalue weighted by Gasteiger charge is 2.15.